The van der Waals surface area contributed by atoms with Gasteiger partial charge in [0.25, 0.3) is 5.22 Å². The van der Waals surface area contributed by atoms with Crippen LogP contribution in [0.15, 0.2) is 9.64 Å². The molecule has 0 saturated heterocycles. The summed E-state index contributed by atoms with van der Waals surface area (Å²) in [5.41, 5.74) is 4.84. The van der Waals surface area contributed by atoms with E-state index >= 15 is 0 Å². The molecule has 2 N–H and O–H groups in total. The van der Waals surface area contributed by atoms with Crippen LogP contribution in [0, 0.1) is 0 Å². The molecule has 0 saturated carbocycles. The molecule has 0 aliphatic carbocycles. The Morgan fingerprint density at radius 3 is 2.70 bits per heavy atom. The number of carbonyl (C=O) groups is 1. The van der Waals surface area contributed by atoms with E-state index in [1.54, 1.807) is 6.26 Å². The molecule has 0 atom stereocenters. The second-order valence-corrected chi connectivity index (χ2v) is 2.20. The highest BCUT2D eigenvalue weighted by Gasteiger charge is 2.08. The molecule has 0 aliphatic rings. The van der Waals surface area contributed by atoms with Crippen molar-refractivity contribution in [3.05, 3.63) is 5.89 Å². The first-order valence-corrected chi connectivity index (χ1v) is 3.64. The van der Waals surface area contributed by atoms with Crippen molar-refractivity contribution in [3.8, 4) is 0 Å². The molecule has 10 heavy (non-hydrogen) atoms. The monoisotopic (exact) mass is 159 g/mol. The SMILES string of the molecule is CSc1nnc(C(N)=O)o1. The topological polar surface area (TPSA) is 82.0 Å². The van der Waals surface area contributed by atoms with Gasteiger partial charge in [0.2, 0.25) is 0 Å². The van der Waals surface area contributed by atoms with Gasteiger partial charge in [-0.2, -0.15) is 0 Å². The minimum Gasteiger partial charge on any atom is -0.407 e. The van der Waals surface area contributed by atoms with E-state index in [4.69, 9.17) is 10.2 Å². The predicted molar refractivity (Wildman–Crippen MR) is 34.6 cm³/mol. The molecule has 5 nitrogen and oxygen atoms in total. The normalized spacial score (nSPS) is 9.70. The summed E-state index contributed by atoms with van der Waals surface area (Å²) in [6, 6.07) is 0. The maximum absolute atomic E-state index is 10.3. The summed E-state index contributed by atoms with van der Waals surface area (Å²) in [6.45, 7) is 0. The average molecular weight is 159 g/mol. The van der Waals surface area contributed by atoms with E-state index in [9.17, 15) is 4.79 Å². The van der Waals surface area contributed by atoms with Crippen molar-refractivity contribution in [2.24, 2.45) is 5.73 Å². The van der Waals surface area contributed by atoms with Gasteiger partial charge in [-0.05, 0) is 6.26 Å². The van der Waals surface area contributed by atoms with Crippen LogP contribution in [0.1, 0.15) is 10.7 Å². The molecule has 0 aliphatic heterocycles. The van der Waals surface area contributed by atoms with Crippen LogP contribution < -0.4 is 5.73 Å². The zero-order chi connectivity index (χ0) is 7.56. The number of hydrogen-bond donors (Lipinski definition) is 1. The third-order valence-electron chi connectivity index (χ3n) is 0.792. The maximum atomic E-state index is 10.3. The van der Waals surface area contributed by atoms with Crippen LogP contribution in [0.2, 0.25) is 0 Å². The molecule has 1 aromatic rings. The van der Waals surface area contributed by atoms with Crippen LogP contribution in [0.4, 0.5) is 0 Å². The van der Waals surface area contributed by atoms with Crippen molar-refractivity contribution >= 4 is 17.7 Å². The summed E-state index contributed by atoms with van der Waals surface area (Å²) in [6.07, 6.45) is 1.76. The number of rotatable bonds is 2. The summed E-state index contributed by atoms with van der Waals surface area (Å²) >= 11 is 1.26. The highest BCUT2D eigenvalue weighted by Crippen LogP contribution is 2.10. The average Bonchev–Trinajstić information content (AvgIpc) is 2.34. The second kappa shape index (κ2) is 2.70. The van der Waals surface area contributed by atoms with Gasteiger partial charge < -0.3 is 10.2 Å². The van der Waals surface area contributed by atoms with Crippen molar-refractivity contribution in [1.82, 2.24) is 10.2 Å². The van der Waals surface area contributed by atoms with Gasteiger partial charge in [0.1, 0.15) is 0 Å². The highest BCUT2D eigenvalue weighted by atomic mass is 32.2. The quantitative estimate of drug-likeness (QED) is 0.609. The van der Waals surface area contributed by atoms with Gasteiger partial charge in [-0.3, -0.25) is 4.79 Å². The molecule has 6 heteroatoms. The lowest BCUT2D eigenvalue weighted by atomic mass is 10.6. The lowest BCUT2D eigenvalue weighted by Crippen LogP contribution is -2.10. The minimum absolute atomic E-state index is 0.149. The molecule has 0 bridgehead atoms. The molecule has 0 aromatic carbocycles. The van der Waals surface area contributed by atoms with E-state index in [1.807, 2.05) is 0 Å². The third-order valence-corrected chi connectivity index (χ3v) is 1.31. The second-order valence-electron chi connectivity index (χ2n) is 1.44. The van der Waals surface area contributed by atoms with E-state index < -0.39 is 5.91 Å². The van der Waals surface area contributed by atoms with Crippen LogP contribution in [-0.4, -0.2) is 22.4 Å². The molecule has 0 fully saturated rings. The first kappa shape index (κ1) is 7.07. The largest absolute Gasteiger partial charge is 0.407 e. The number of amides is 1. The smallest absolute Gasteiger partial charge is 0.306 e. The Bertz CT molecular complexity index is 246. The van der Waals surface area contributed by atoms with Crippen LogP contribution >= 0.6 is 11.8 Å². The molecule has 0 unspecified atom stereocenters. The van der Waals surface area contributed by atoms with E-state index in [-0.39, 0.29) is 5.89 Å². The lowest BCUT2D eigenvalue weighted by molar-refractivity contribution is 0.0962. The molecule has 54 valence electrons. The predicted octanol–water partition coefficient (Wildman–Crippen LogP) is -0.110. The van der Waals surface area contributed by atoms with Crippen molar-refractivity contribution in [1.29, 1.82) is 0 Å². The molecule has 1 heterocycles. The Hall–Kier alpha value is -1.04. The highest BCUT2D eigenvalue weighted by molar-refractivity contribution is 7.98. The van der Waals surface area contributed by atoms with Gasteiger partial charge >= 0.3 is 11.8 Å². The Morgan fingerprint density at radius 2 is 2.40 bits per heavy atom. The van der Waals surface area contributed by atoms with E-state index in [0.717, 1.165) is 0 Å². The first-order chi connectivity index (χ1) is 4.74. The summed E-state index contributed by atoms with van der Waals surface area (Å²) in [7, 11) is 0. The zero-order valence-corrected chi connectivity index (χ0v) is 6.01. The van der Waals surface area contributed by atoms with Crippen LogP contribution in [0.25, 0.3) is 0 Å². The molecule has 1 amide bonds. The number of thioether (sulfide) groups is 1. The Labute approximate surface area is 61.0 Å². The van der Waals surface area contributed by atoms with Crippen molar-refractivity contribution < 1.29 is 9.21 Å². The van der Waals surface area contributed by atoms with Gasteiger partial charge in [0.15, 0.2) is 0 Å². The van der Waals surface area contributed by atoms with Gasteiger partial charge in [-0.25, -0.2) is 0 Å². The first-order valence-electron chi connectivity index (χ1n) is 2.41. The van der Waals surface area contributed by atoms with Gasteiger partial charge in [-0.15, -0.1) is 10.2 Å². The van der Waals surface area contributed by atoms with Crippen molar-refractivity contribution in [2.45, 2.75) is 5.22 Å². The van der Waals surface area contributed by atoms with Crippen LogP contribution in [0.3, 0.4) is 0 Å². The number of nitrogens with two attached hydrogens (primary N) is 1. The standard InChI is InChI=1S/C4H5N3O2S/c1-10-4-7-6-3(9-4)2(5)8/h1H3,(H2,5,8). The Morgan fingerprint density at radius 1 is 1.70 bits per heavy atom. The minimum atomic E-state index is -0.701. The third kappa shape index (κ3) is 1.27. The van der Waals surface area contributed by atoms with Gasteiger partial charge in [0.05, 0.1) is 0 Å². The fourth-order valence-electron chi connectivity index (χ4n) is 0.392. The molecule has 1 rings (SSSR count). The summed E-state index contributed by atoms with van der Waals surface area (Å²) in [5.74, 6) is -0.850. The van der Waals surface area contributed by atoms with E-state index in [1.165, 1.54) is 11.8 Å². The lowest BCUT2D eigenvalue weighted by Gasteiger charge is -1.81. The molecule has 1 aromatic heterocycles. The molecular formula is C4H5N3O2S. The molecule has 0 radical (unpaired) electrons. The summed E-state index contributed by atoms with van der Waals surface area (Å²) < 4.78 is 4.76. The van der Waals surface area contributed by atoms with Gasteiger partial charge in [0, 0.05) is 0 Å². The van der Waals surface area contributed by atoms with Crippen LogP contribution in [0.5, 0.6) is 0 Å². The zero-order valence-electron chi connectivity index (χ0n) is 5.20. The van der Waals surface area contributed by atoms with Crippen LogP contribution in [-0.2, 0) is 0 Å². The number of carbonyl (C=O) groups excluding carboxylic acids is 1. The van der Waals surface area contributed by atoms with E-state index in [0.29, 0.717) is 5.22 Å². The number of hydrogen-bond acceptors (Lipinski definition) is 5. The summed E-state index contributed by atoms with van der Waals surface area (Å²) in [4.78, 5) is 10.3. The maximum Gasteiger partial charge on any atom is 0.306 e. The molecular weight excluding hydrogens is 154 g/mol. The van der Waals surface area contributed by atoms with Crippen molar-refractivity contribution in [3.63, 3.8) is 0 Å². The Kier molecular flexibility index (Phi) is 1.91. The van der Waals surface area contributed by atoms with Gasteiger partial charge in [-0.1, -0.05) is 11.8 Å². The summed E-state index contributed by atoms with van der Waals surface area (Å²) in [5, 5.41) is 7.22. The van der Waals surface area contributed by atoms with E-state index in [2.05, 4.69) is 10.2 Å². The number of nitrogens with zero attached hydrogens (tertiary/aromatic N) is 2. The fraction of sp³-hybridized carbons (Fsp3) is 0.250. The van der Waals surface area contributed by atoms with Crippen molar-refractivity contribution in [2.75, 3.05) is 6.26 Å². The number of primary amides is 1. The number of aromatic nitrogens is 2. The molecule has 0 spiro atoms. The fourth-order valence-corrected chi connectivity index (χ4v) is 0.677. The Balaban J connectivity index is 2.88.